The lowest BCUT2D eigenvalue weighted by Gasteiger charge is -2.09. The highest BCUT2D eigenvalue weighted by Gasteiger charge is 2.05. The Hall–Kier alpha value is -0.990. The summed E-state index contributed by atoms with van der Waals surface area (Å²) in [6, 6.07) is 10.4. The third kappa shape index (κ3) is 3.27. The number of alkyl halides is 1. The number of ether oxygens (including phenoxy) is 1. The average molecular weight is 281 g/mol. The molecule has 3 heteroatoms. The molecule has 1 heterocycles. The second kappa shape index (κ2) is 6.26. The van der Waals surface area contributed by atoms with E-state index in [2.05, 4.69) is 38.1 Å². The Kier molecular flexibility index (Phi) is 4.67. The Morgan fingerprint density at radius 3 is 2.61 bits per heavy atom. The van der Waals surface area contributed by atoms with Gasteiger partial charge in [0.05, 0.1) is 5.88 Å². The monoisotopic (exact) mass is 280 g/mol. The first-order valence-electron chi connectivity index (χ1n) is 6.08. The van der Waals surface area contributed by atoms with Crippen molar-refractivity contribution in [3.8, 4) is 5.75 Å². The van der Waals surface area contributed by atoms with Crippen molar-refractivity contribution in [1.82, 2.24) is 0 Å². The molecular weight excluding hydrogens is 264 g/mol. The summed E-state index contributed by atoms with van der Waals surface area (Å²) in [5.41, 5.74) is 2.27. The van der Waals surface area contributed by atoms with Gasteiger partial charge in [0.1, 0.15) is 12.4 Å². The molecule has 0 aliphatic heterocycles. The lowest BCUT2D eigenvalue weighted by molar-refractivity contribution is 0.307. The van der Waals surface area contributed by atoms with Crippen LogP contribution >= 0.6 is 22.9 Å². The van der Waals surface area contributed by atoms with E-state index in [4.69, 9.17) is 16.3 Å². The summed E-state index contributed by atoms with van der Waals surface area (Å²) in [6.45, 7) is 4.85. The molecule has 0 aliphatic rings. The Morgan fingerprint density at radius 2 is 1.94 bits per heavy atom. The SMILES string of the molecule is CCc1ccc(COc2ccc(C)cc2CCl)s1. The van der Waals surface area contributed by atoms with Crippen molar-refractivity contribution in [2.24, 2.45) is 0 Å². The van der Waals surface area contributed by atoms with Gasteiger partial charge in [-0.15, -0.1) is 22.9 Å². The van der Waals surface area contributed by atoms with Crippen LogP contribution in [-0.4, -0.2) is 0 Å². The smallest absolute Gasteiger partial charge is 0.124 e. The molecular formula is C15H17ClOS. The van der Waals surface area contributed by atoms with Crippen LogP contribution in [0.4, 0.5) is 0 Å². The average Bonchev–Trinajstić information content (AvgIpc) is 2.85. The number of benzene rings is 1. The maximum Gasteiger partial charge on any atom is 0.124 e. The van der Waals surface area contributed by atoms with Crippen LogP contribution in [-0.2, 0) is 18.9 Å². The third-order valence-corrected chi connectivity index (χ3v) is 4.29. The molecule has 0 N–H and O–H groups in total. The van der Waals surface area contributed by atoms with Gasteiger partial charge in [0.2, 0.25) is 0 Å². The van der Waals surface area contributed by atoms with Crippen molar-refractivity contribution < 1.29 is 4.74 Å². The van der Waals surface area contributed by atoms with Gasteiger partial charge in [-0.3, -0.25) is 0 Å². The molecule has 0 amide bonds. The van der Waals surface area contributed by atoms with Crippen LogP contribution < -0.4 is 4.74 Å². The first kappa shape index (κ1) is 13.4. The van der Waals surface area contributed by atoms with Crippen LogP contribution in [0.1, 0.15) is 27.8 Å². The molecule has 0 bridgehead atoms. The lowest BCUT2D eigenvalue weighted by Crippen LogP contribution is -1.96. The van der Waals surface area contributed by atoms with Gasteiger partial charge < -0.3 is 4.74 Å². The Bertz CT molecular complexity index is 519. The largest absolute Gasteiger partial charge is 0.488 e. The van der Waals surface area contributed by atoms with Crippen molar-refractivity contribution in [1.29, 1.82) is 0 Å². The molecule has 1 aromatic carbocycles. The van der Waals surface area contributed by atoms with E-state index in [1.54, 1.807) is 0 Å². The molecule has 2 rings (SSSR count). The van der Waals surface area contributed by atoms with E-state index in [-0.39, 0.29) is 0 Å². The molecule has 0 saturated heterocycles. The topological polar surface area (TPSA) is 9.23 Å². The van der Waals surface area contributed by atoms with E-state index in [0.717, 1.165) is 17.7 Å². The number of thiophene rings is 1. The van der Waals surface area contributed by atoms with Gasteiger partial charge in [0.15, 0.2) is 0 Å². The zero-order valence-electron chi connectivity index (χ0n) is 10.7. The molecule has 96 valence electrons. The highest BCUT2D eigenvalue weighted by atomic mass is 35.5. The number of hydrogen-bond acceptors (Lipinski definition) is 2. The quantitative estimate of drug-likeness (QED) is 0.705. The van der Waals surface area contributed by atoms with Crippen LogP contribution in [0.15, 0.2) is 30.3 Å². The molecule has 1 nitrogen and oxygen atoms in total. The van der Waals surface area contributed by atoms with Crippen LogP contribution in [0.25, 0.3) is 0 Å². The van der Waals surface area contributed by atoms with Gasteiger partial charge in [-0.25, -0.2) is 0 Å². The third-order valence-electron chi connectivity index (χ3n) is 2.80. The van der Waals surface area contributed by atoms with Gasteiger partial charge in [-0.2, -0.15) is 0 Å². The Balaban J connectivity index is 2.05. The fraction of sp³-hybridized carbons (Fsp3) is 0.333. The summed E-state index contributed by atoms with van der Waals surface area (Å²) in [7, 11) is 0. The second-order valence-electron chi connectivity index (χ2n) is 4.26. The summed E-state index contributed by atoms with van der Waals surface area (Å²) < 4.78 is 5.85. The highest BCUT2D eigenvalue weighted by Crippen LogP contribution is 2.24. The van der Waals surface area contributed by atoms with Gasteiger partial charge in [-0.1, -0.05) is 24.6 Å². The molecule has 0 saturated carbocycles. The van der Waals surface area contributed by atoms with Crippen molar-refractivity contribution in [2.75, 3.05) is 0 Å². The van der Waals surface area contributed by atoms with Crippen LogP contribution in [0.2, 0.25) is 0 Å². The molecule has 0 aliphatic carbocycles. The van der Waals surface area contributed by atoms with Gasteiger partial charge in [0.25, 0.3) is 0 Å². The molecule has 2 aromatic rings. The maximum absolute atomic E-state index is 5.93. The van der Waals surface area contributed by atoms with Crippen LogP contribution in [0.3, 0.4) is 0 Å². The molecule has 0 spiro atoms. The van der Waals surface area contributed by atoms with E-state index in [1.165, 1.54) is 15.3 Å². The zero-order valence-corrected chi connectivity index (χ0v) is 12.3. The number of aryl methyl sites for hydroxylation is 2. The first-order chi connectivity index (χ1) is 8.72. The Labute approximate surface area is 117 Å². The minimum atomic E-state index is 0.488. The molecule has 0 unspecified atom stereocenters. The van der Waals surface area contributed by atoms with Crippen molar-refractivity contribution in [2.45, 2.75) is 32.8 Å². The highest BCUT2D eigenvalue weighted by molar-refractivity contribution is 7.11. The molecule has 0 atom stereocenters. The van der Waals surface area contributed by atoms with Gasteiger partial charge in [-0.05, 0) is 31.5 Å². The molecule has 0 radical (unpaired) electrons. The lowest BCUT2D eigenvalue weighted by atomic mass is 10.1. The van der Waals surface area contributed by atoms with Crippen molar-refractivity contribution in [3.05, 3.63) is 51.2 Å². The minimum absolute atomic E-state index is 0.488. The minimum Gasteiger partial charge on any atom is -0.488 e. The predicted molar refractivity (Wildman–Crippen MR) is 78.8 cm³/mol. The molecule has 18 heavy (non-hydrogen) atoms. The van der Waals surface area contributed by atoms with Crippen LogP contribution in [0, 0.1) is 6.92 Å². The fourth-order valence-electron chi connectivity index (χ4n) is 1.79. The van der Waals surface area contributed by atoms with E-state index in [0.29, 0.717) is 12.5 Å². The van der Waals surface area contributed by atoms with Gasteiger partial charge >= 0.3 is 0 Å². The van der Waals surface area contributed by atoms with Crippen molar-refractivity contribution in [3.63, 3.8) is 0 Å². The standard InChI is InChI=1S/C15H17ClOS/c1-3-13-5-6-14(18-13)10-17-15-7-4-11(2)8-12(15)9-16/h4-8H,3,9-10H2,1-2H3. The van der Waals surface area contributed by atoms with Crippen molar-refractivity contribution >= 4 is 22.9 Å². The summed E-state index contributed by atoms with van der Waals surface area (Å²) in [5.74, 6) is 1.38. The maximum atomic E-state index is 5.93. The van der Waals surface area contributed by atoms with E-state index in [1.807, 2.05) is 17.4 Å². The summed E-state index contributed by atoms with van der Waals surface area (Å²) >= 11 is 7.75. The normalized spacial score (nSPS) is 10.6. The number of hydrogen-bond donors (Lipinski definition) is 0. The zero-order chi connectivity index (χ0) is 13.0. The summed E-state index contributed by atoms with van der Waals surface area (Å²) in [4.78, 5) is 2.66. The van der Waals surface area contributed by atoms with E-state index in [9.17, 15) is 0 Å². The van der Waals surface area contributed by atoms with E-state index >= 15 is 0 Å². The number of rotatable bonds is 5. The van der Waals surface area contributed by atoms with E-state index < -0.39 is 0 Å². The molecule has 0 fully saturated rings. The summed E-state index contributed by atoms with van der Waals surface area (Å²) in [6.07, 6.45) is 1.09. The molecule has 1 aromatic heterocycles. The first-order valence-corrected chi connectivity index (χ1v) is 7.44. The summed E-state index contributed by atoms with van der Waals surface area (Å²) in [5, 5.41) is 0. The Morgan fingerprint density at radius 1 is 1.17 bits per heavy atom. The number of halogens is 1. The predicted octanol–water partition coefficient (Wildman–Crippen LogP) is 4.94. The fourth-order valence-corrected chi connectivity index (χ4v) is 2.87. The van der Waals surface area contributed by atoms with Crippen LogP contribution in [0.5, 0.6) is 5.75 Å². The second-order valence-corrected chi connectivity index (χ2v) is 5.78. The van der Waals surface area contributed by atoms with Gasteiger partial charge in [0, 0.05) is 15.3 Å².